The van der Waals surface area contributed by atoms with Crippen molar-refractivity contribution in [3.8, 4) is 5.75 Å². The summed E-state index contributed by atoms with van der Waals surface area (Å²) in [6.45, 7) is 0.651. The third kappa shape index (κ3) is 3.14. The number of rotatable bonds is 4. The molecule has 0 radical (unpaired) electrons. The Kier molecular flexibility index (Phi) is 3.88. The molecule has 1 aromatic heterocycles. The molecule has 0 saturated carbocycles. The van der Waals surface area contributed by atoms with Crippen molar-refractivity contribution in [3.63, 3.8) is 0 Å². The summed E-state index contributed by atoms with van der Waals surface area (Å²) in [6.07, 6.45) is 3.51. The summed E-state index contributed by atoms with van der Waals surface area (Å²) < 4.78 is 0. The SMILES string of the molecule is CSc1ccccc1NCc1ccc(O)cn1. The van der Waals surface area contributed by atoms with Crippen LogP contribution >= 0.6 is 11.8 Å². The van der Waals surface area contributed by atoms with Gasteiger partial charge < -0.3 is 10.4 Å². The first-order valence-electron chi connectivity index (χ1n) is 5.30. The van der Waals surface area contributed by atoms with E-state index in [1.54, 1.807) is 17.8 Å². The molecule has 0 bridgehead atoms. The quantitative estimate of drug-likeness (QED) is 0.814. The molecule has 2 rings (SSSR count). The number of benzene rings is 1. The minimum absolute atomic E-state index is 0.193. The van der Waals surface area contributed by atoms with Gasteiger partial charge in [-0.2, -0.15) is 0 Å². The fraction of sp³-hybridized carbons (Fsp3) is 0.154. The van der Waals surface area contributed by atoms with Crippen LogP contribution < -0.4 is 5.32 Å². The molecule has 0 atom stereocenters. The van der Waals surface area contributed by atoms with Crippen LogP contribution in [0.15, 0.2) is 47.5 Å². The predicted octanol–water partition coefficient (Wildman–Crippen LogP) is 3.12. The zero-order chi connectivity index (χ0) is 12.1. The highest BCUT2D eigenvalue weighted by Crippen LogP contribution is 2.24. The van der Waals surface area contributed by atoms with Crippen LogP contribution in [0.2, 0.25) is 0 Å². The van der Waals surface area contributed by atoms with Gasteiger partial charge in [0.25, 0.3) is 0 Å². The molecule has 0 spiro atoms. The van der Waals surface area contributed by atoms with Crippen LogP contribution in [0.4, 0.5) is 5.69 Å². The molecule has 0 unspecified atom stereocenters. The molecule has 2 N–H and O–H groups in total. The lowest BCUT2D eigenvalue weighted by atomic mass is 10.3. The van der Waals surface area contributed by atoms with E-state index in [1.165, 1.54) is 11.1 Å². The summed E-state index contributed by atoms with van der Waals surface area (Å²) >= 11 is 1.71. The van der Waals surface area contributed by atoms with Gasteiger partial charge in [-0.3, -0.25) is 4.98 Å². The second-order valence-corrected chi connectivity index (χ2v) is 4.41. The molecule has 0 aliphatic rings. The summed E-state index contributed by atoms with van der Waals surface area (Å²) in [4.78, 5) is 5.34. The lowest BCUT2D eigenvalue weighted by Gasteiger charge is -2.09. The van der Waals surface area contributed by atoms with Gasteiger partial charge in [0.15, 0.2) is 0 Å². The molecule has 1 heterocycles. The number of para-hydroxylation sites is 1. The smallest absolute Gasteiger partial charge is 0.133 e. The Bertz CT molecular complexity index is 485. The van der Waals surface area contributed by atoms with E-state index < -0.39 is 0 Å². The van der Waals surface area contributed by atoms with Gasteiger partial charge in [-0.25, -0.2) is 0 Å². The number of anilines is 1. The summed E-state index contributed by atoms with van der Waals surface area (Å²) in [7, 11) is 0. The van der Waals surface area contributed by atoms with E-state index in [0.29, 0.717) is 6.54 Å². The largest absolute Gasteiger partial charge is 0.506 e. The Morgan fingerprint density at radius 2 is 2.06 bits per heavy atom. The van der Waals surface area contributed by atoms with Crippen LogP contribution in [-0.4, -0.2) is 16.3 Å². The lowest BCUT2D eigenvalue weighted by molar-refractivity contribution is 0.472. The Balaban J connectivity index is 2.04. The highest BCUT2D eigenvalue weighted by Gasteiger charge is 2.00. The van der Waals surface area contributed by atoms with Gasteiger partial charge in [0.05, 0.1) is 18.4 Å². The van der Waals surface area contributed by atoms with Crippen molar-refractivity contribution in [2.24, 2.45) is 0 Å². The van der Waals surface area contributed by atoms with E-state index in [9.17, 15) is 0 Å². The number of nitrogens with one attached hydrogen (secondary N) is 1. The van der Waals surface area contributed by atoms with E-state index in [4.69, 9.17) is 5.11 Å². The summed E-state index contributed by atoms with van der Waals surface area (Å²) in [6, 6.07) is 11.6. The van der Waals surface area contributed by atoms with E-state index >= 15 is 0 Å². The fourth-order valence-electron chi connectivity index (χ4n) is 1.50. The number of aromatic hydroxyl groups is 1. The highest BCUT2D eigenvalue weighted by atomic mass is 32.2. The van der Waals surface area contributed by atoms with Gasteiger partial charge in [-0.15, -0.1) is 11.8 Å². The van der Waals surface area contributed by atoms with Gasteiger partial charge in [0, 0.05) is 10.6 Å². The summed E-state index contributed by atoms with van der Waals surface area (Å²) in [5, 5.41) is 12.5. The standard InChI is InChI=1S/C13H14N2OS/c1-17-13-5-3-2-4-12(13)15-8-10-6-7-11(16)9-14-10/h2-7,9,15-16H,8H2,1H3. The molecular formula is C13H14N2OS. The molecule has 2 aromatic rings. The second kappa shape index (κ2) is 5.59. The van der Waals surface area contributed by atoms with Gasteiger partial charge >= 0.3 is 0 Å². The number of thioether (sulfide) groups is 1. The minimum atomic E-state index is 0.193. The molecule has 0 amide bonds. The predicted molar refractivity (Wildman–Crippen MR) is 71.5 cm³/mol. The van der Waals surface area contributed by atoms with Crippen LogP contribution in [0, 0.1) is 0 Å². The topological polar surface area (TPSA) is 45.1 Å². The molecule has 88 valence electrons. The molecule has 0 aliphatic heterocycles. The number of hydrogen-bond donors (Lipinski definition) is 2. The summed E-state index contributed by atoms with van der Waals surface area (Å²) in [5.41, 5.74) is 2.01. The van der Waals surface area contributed by atoms with Crippen molar-refractivity contribution in [2.45, 2.75) is 11.4 Å². The maximum Gasteiger partial charge on any atom is 0.133 e. The molecule has 1 aromatic carbocycles. The Morgan fingerprint density at radius 1 is 1.24 bits per heavy atom. The maximum atomic E-state index is 9.14. The highest BCUT2D eigenvalue weighted by molar-refractivity contribution is 7.98. The molecule has 4 heteroatoms. The zero-order valence-corrected chi connectivity index (χ0v) is 10.4. The Labute approximate surface area is 105 Å². The average Bonchev–Trinajstić information content (AvgIpc) is 2.38. The monoisotopic (exact) mass is 246 g/mol. The van der Waals surface area contributed by atoms with Gasteiger partial charge in [0.2, 0.25) is 0 Å². The molecule has 0 saturated heterocycles. The average molecular weight is 246 g/mol. The Morgan fingerprint density at radius 3 is 2.76 bits per heavy atom. The van der Waals surface area contributed by atoms with E-state index in [1.807, 2.05) is 24.3 Å². The van der Waals surface area contributed by atoms with Crippen molar-refractivity contribution in [1.29, 1.82) is 0 Å². The van der Waals surface area contributed by atoms with Crippen LogP contribution in [0.25, 0.3) is 0 Å². The van der Waals surface area contributed by atoms with Crippen LogP contribution in [0.3, 0.4) is 0 Å². The second-order valence-electron chi connectivity index (χ2n) is 3.56. The third-order valence-corrected chi connectivity index (χ3v) is 3.17. The number of hydrogen-bond acceptors (Lipinski definition) is 4. The normalized spacial score (nSPS) is 10.2. The first-order chi connectivity index (χ1) is 8.29. The van der Waals surface area contributed by atoms with Gasteiger partial charge in [0.1, 0.15) is 5.75 Å². The first-order valence-corrected chi connectivity index (χ1v) is 6.53. The van der Waals surface area contributed by atoms with Gasteiger partial charge in [-0.1, -0.05) is 12.1 Å². The lowest BCUT2D eigenvalue weighted by Crippen LogP contribution is -2.01. The van der Waals surface area contributed by atoms with Crippen molar-refractivity contribution < 1.29 is 5.11 Å². The third-order valence-electron chi connectivity index (χ3n) is 2.38. The molecular weight excluding hydrogens is 232 g/mol. The maximum absolute atomic E-state index is 9.14. The molecule has 17 heavy (non-hydrogen) atoms. The van der Waals surface area contributed by atoms with E-state index in [2.05, 4.69) is 22.6 Å². The van der Waals surface area contributed by atoms with Gasteiger partial charge in [-0.05, 0) is 30.5 Å². The number of aromatic nitrogens is 1. The fourth-order valence-corrected chi connectivity index (χ4v) is 2.07. The molecule has 0 fully saturated rings. The van der Waals surface area contributed by atoms with Crippen molar-refractivity contribution >= 4 is 17.4 Å². The first kappa shape index (κ1) is 11.8. The molecule has 3 nitrogen and oxygen atoms in total. The molecule has 0 aliphatic carbocycles. The van der Waals surface area contributed by atoms with Crippen molar-refractivity contribution in [2.75, 3.05) is 11.6 Å². The number of nitrogens with zero attached hydrogens (tertiary/aromatic N) is 1. The number of pyridine rings is 1. The van der Waals surface area contributed by atoms with E-state index in [-0.39, 0.29) is 5.75 Å². The van der Waals surface area contributed by atoms with Crippen LogP contribution in [0.5, 0.6) is 5.75 Å². The Hall–Kier alpha value is -1.68. The van der Waals surface area contributed by atoms with Crippen molar-refractivity contribution in [1.82, 2.24) is 4.98 Å². The van der Waals surface area contributed by atoms with Crippen molar-refractivity contribution in [3.05, 3.63) is 48.3 Å². The van der Waals surface area contributed by atoms with E-state index in [0.717, 1.165) is 11.4 Å². The zero-order valence-electron chi connectivity index (χ0n) is 9.55. The summed E-state index contributed by atoms with van der Waals surface area (Å²) in [5.74, 6) is 0.193. The minimum Gasteiger partial charge on any atom is -0.506 e. The van der Waals surface area contributed by atoms with Crippen LogP contribution in [-0.2, 0) is 6.54 Å². The van der Waals surface area contributed by atoms with Crippen LogP contribution in [0.1, 0.15) is 5.69 Å².